The van der Waals surface area contributed by atoms with Gasteiger partial charge in [0, 0.05) is 12.1 Å². The van der Waals surface area contributed by atoms with E-state index in [9.17, 15) is 4.79 Å². The van der Waals surface area contributed by atoms with E-state index in [1.807, 2.05) is 0 Å². The van der Waals surface area contributed by atoms with Crippen LogP contribution < -0.4 is 10.6 Å². The van der Waals surface area contributed by atoms with Crippen LogP contribution in [0.15, 0.2) is 0 Å². The molecule has 14 heavy (non-hydrogen) atoms. The van der Waals surface area contributed by atoms with Crippen LogP contribution >= 0.6 is 0 Å². The van der Waals surface area contributed by atoms with Crippen LogP contribution in [0.4, 0.5) is 0 Å². The molecule has 1 heterocycles. The van der Waals surface area contributed by atoms with Crippen molar-refractivity contribution in [3.8, 4) is 0 Å². The highest BCUT2D eigenvalue weighted by Gasteiger charge is 2.39. The Morgan fingerprint density at radius 2 is 1.93 bits per heavy atom. The van der Waals surface area contributed by atoms with Gasteiger partial charge in [-0.1, -0.05) is 27.7 Å². The summed E-state index contributed by atoms with van der Waals surface area (Å²) in [6, 6.07) is -0.0452. The van der Waals surface area contributed by atoms with Crippen LogP contribution in [0.25, 0.3) is 0 Å². The molecule has 1 aliphatic heterocycles. The van der Waals surface area contributed by atoms with Gasteiger partial charge in [0.2, 0.25) is 5.91 Å². The van der Waals surface area contributed by atoms with E-state index in [1.54, 1.807) is 0 Å². The monoisotopic (exact) mass is 198 g/mol. The second-order valence-electron chi connectivity index (χ2n) is 5.16. The van der Waals surface area contributed by atoms with Crippen LogP contribution in [0.1, 0.15) is 34.6 Å². The van der Waals surface area contributed by atoms with Gasteiger partial charge in [0.25, 0.3) is 0 Å². The largest absolute Gasteiger partial charge is 0.353 e. The van der Waals surface area contributed by atoms with E-state index in [0.29, 0.717) is 11.8 Å². The fraction of sp³-hybridized carbons (Fsp3) is 0.909. The molecule has 3 nitrogen and oxygen atoms in total. The van der Waals surface area contributed by atoms with Crippen LogP contribution in [-0.4, -0.2) is 24.0 Å². The lowest BCUT2D eigenvalue weighted by Gasteiger charge is -2.43. The first-order valence-electron chi connectivity index (χ1n) is 5.42. The minimum absolute atomic E-state index is 0.0306. The average molecular weight is 198 g/mol. The zero-order chi connectivity index (χ0) is 10.9. The molecule has 0 aromatic carbocycles. The molecule has 1 fully saturated rings. The van der Waals surface area contributed by atoms with Gasteiger partial charge in [-0.05, 0) is 18.8 Å². The molecule has 0 saturated carbocycles. The molecule has 0 spiro atoms. The molecule has 3 heteroatoms. The van der Waals surface area contributed by atoms with Crippen molar-refractivity contribution in [3.63, 3.8) is 0 Å². The molecule has 82 valence electrons. The molecule has 2 atom stereocenters. The van der Waals surface area contributed by atoms with Crippen molar-refractivity contribution in [1.82, 2.24) is 10.6 Å². The maximum Gasteiger partial charge on any atom is 0.237 e. The van der Waals surface area contributed by atoms with Crippen molar-refractivity contribution < 1.29 is 4.79 Å². The second-order valence-corrected chi connectivity index (χ2v) is 5.16. The Kier molecular flexibility index (Phi) is 3.20. The summed E-state index contributed by atoms with van der Waals surface area (Å²) in [6.45, 7) is 11.4. The molecule has 0 aromatic rings. The number of carbonyl (C=O) groups excluding carboxylic acids is 1. The van der Waals surface area contributed by atoms with Crippen LogP contribution in [0.5, 0.6) is 0 Å². The maximum absolute atomic E-state index is 11.6. The molecule has 1 rings (SSSR count). The molecule has 0 aliphatic carbocycles. The minimum atomic E-state index is -0.0452. The summed E-state index contributed by atoms with van der Waals surface area (Å²) in [5.41, 5.74) is 0.0306. The summed E-state index contributed by atoms with van der Waals surface area (Å²) >= 11 is 0. The predicted octanol–water partition coefficient (Wildman–Crippen LogP) is 1.15. The van der Waals surface area contributed by atoms with Crippen LogP contribution in [0.2, 0.25) is 0 Å². The van der Waals surface area contributed by atoms with Crippen molar-refractivity contribution in [2.24, 2.45) is 11.8 Å². The van der Waals surface area contributed by atoms with E-state index in [2.05, 4.69) is 45.3 Å². The van der Waals surface area contributed by atoms with Crippen LogP contribution in [0, 0.1) is 11.8 Å². The van der Waals surface area contributed by atoms with E-state index in [4.69, 9.17) is 0 Å². The highest BCUT2D eigenvalue weighted by molar-refractivity contribution is 5.83. The lowest BCUT2D eigenvalue weighted by Crippen LogP contribution is -2.68. The first-order chi connectivity index (χ1) is 6.37. The van der Waals surface area contributed by atoms with Gasteiger partial charge in [-0.3, -0.25) is 10.1 Å². The molecule has 1 aliphatic rings. The van der Waals surface area contributed by atoms with E-state index < -0.39 is 0 Å². The lowest BCUT2D eigenvalue weighted by atomic mass is 9.84. The van der Waals surface area contributed by atoms with Crippen molar-refractivity contribution >= 4 is 5.91 Å². The third kappa shape index (κ3) is 2.08. The van der Waals surface area contributed by atoms with Gasteiger partial charge in [-0.15, -0.1) is 0 Å². The number of rotatable bonds is 2. The van der Waals surface area contributed by atoms with Gasteiger partial charge in [0.1, 0.15) is 0 Å². The highest BCUT2D eigenvalue weighted by Crippen LogP contribution is 2.21. The van der Waals surface area contributed by atoms with Crippen LogP contribution in [0.3, 0.4) is 0 Å². The molecule has 2 unspecified atom stereocenters. The van der Waals surface area contributed by atoms with Gasteiger partial charge in [0.05, 0.1) is 6.04 Å². The third-order valence-electron chi connectivity index (χ3n) is 3.34. The van der Waals surface area contributed by atoms with Gasteiger partial charge < -0.3 is 5.32 Å². The smallest absolute Gasteiger partial charge is 0.237 e. The molecular formula is C11H22N2O. The summed E-state index contributed by atoms with van der Waals surface area (Å²) in [4.78, 5) is 11.6. The normalized spacial score (nSPS) is 33.6. The van der Waals surface area contributed by atoms with E-state index in [1.165, 1.54) is 0 Å². The Bertz CT molecular complexity index is 225. The molecule has 1 saturated heterocycles. The summed E-state index contributed by atoms with van der Waals surface area (Å²) < 4.78 is 0. The number of nitrogens with one attached hydrogen (secondary N) is 2. The summed E-state index contributed by atoms with van der Waals surface area (Å²) in [6.07, 6.45) is 0. The van der Waals surface area contributed by atoms with Crippen molar-refractivity contribution in [3.05, 3.63) is 0 Å². The standard InChI is InChI=1S/C11H22N2O/c1-7(2)9-10(14)12-6-11(5,13-9)8(3)4/h7-9,13H,6H2,1-5H3,(H,12,14). The van der Waals surface area contributed by atoms with Gasteiger partial charge in [-0.25, -0.2) is 0 Å². The number of carbonyl (C=O) groups is 1. The number of hydrogen-bond acceptors (Lipinski definition) is 2. The highest BCUT2D eigenvalue weighted by atomic mass is 16.2. The van der Waals surface area contributed by atoms with E-state index in [-0.39, 0.29) is 17.5 Å². The van der Waals surface area contributed by atoms with Gasteiger partial charge in [-0.2, -0.15) is 0 Å². The zero-order valence-corrected chi connectivity index (χ0v) is 9.85. The van der Waals surface area contributed by atoms with Crippen LogP contribution in [-0.2, 0) is 4.79 Å². The van der Waals surface area contributed by atoms with E-state index >= 15 is 0 Å². The molecule has 2 N–H and O–H groups in total. The Morgan fingerprint density at radius 3 is 2.36 bits per heavy atom. The molecule has 0 aromatic heterocycles. The van der Waals surface area contributed by atoms with Crippen molar-refractivity contribution in [2.75, 3.05) is 6.54 Å². The molecule has 0 radical (unpaired) electrons. The Labute approximate surface area is 86.6 Å². The molecule has 0 bridgehead atoms. The Morgan fingerprint density at radius 1 is 1.36 bits per heavy atom. The summed E-state index contributed by atoms with van der Waals surface area (Å²) in [5, 5.41) is 6.45. The summed E-state index contributed by atoms with van der Waals surface area (Å²) in [7, 11) is 0. The van der Waals surface area contributed by atoms with Crippen molar-refractivity contribution in [2.45, 2.75) is 46.2 Å². The Hall–Kier alpha value is -0.570. The fourth-order valence-electron chi connectivity index (χ4n) is 1.69. The predicted molar refractivity (Wildman–Crippen MR) is 58.0 cm³/mol. The van der Waals surface area contributed by atoms with E-state index in [0.717, 1.165) is 6.54 Å². The van der Waals surface area contributed by atoms with Crippen molar-refractivity contribution in [1.29, 1.82) is 0 Å². The van der Waals surface area contributed by atoms with Gasteiger partial charge >= 0.3 is 0 Å². The molecular weight excluding hydrogens is 176 g/mol. The Balaban J connectivity index is 2.75. The zero-order valence-electron chi connectivity index (χ0n) is 9.85. The summed E-state index contributed by atoms with van der Waals surface area (Å²) in [5.74, 6) is 0.996. The average Bonchev–Trinajstić information content (AvgIpc) is 2.09. The maximum atomic E-state index is 11.6. The fourth-order valence-corrected chi connectivity index (χ4v) is 1.69. The number of piperazine rings is 1. The van der Waals surface area contributed by atoms with Gasteiger partial charge in [0.15, 0.2) is 0 Å². The minimum Gasteiger partial charge on any atom is -0.353 e. The number of hydrogen-bond donors (Lipinski definition) is 2. The first kappa shape index (κ1) is 11.5. The third-order valence-corrected chi connectivity index (χ3v) is 3.34. The lowest BCUT2D eigenvalue weighted by molar-refractivity contribution is -0.127. The first-order valence-corrected chi connectivity index (χ1v) is 5.42. The number of amides is 1. The molecule has 1 amide bonds. The topological polar surface area (TPSA) is 41.1 Å². The second kappa shape index (κ2) is 3.89. The quantitative estimate of drug-likeness (QED) is 0.698. The SMILES string of the molecule is CC(C)C1NC(C)(C(C)C)CNC1=O.